The van der Waals surface area contributed by atoms with Crippen LogP contribution in [0.2, 0.25) is 0 Å². The van der Waals surface area contributed by atoms with E-state index in [9.17, 15) is 23.3 Å². The number of benzene rings is 2. The number of hydrogen-bond acceptors (Lipinski definition) is 6. The van der Waals surface area contributed by atoms with E-state index in [0.717, 1.165) is 22.2 Å². The minimum Gasteiger partial charge on any atom is -0.491 e. The van der Waals surface area contributed by atoms with Gasteiger partial charge in [-0.3, -0.25) is 19.2 Å². The predicted octanol–water partition coefficient (Wildman–Crippen LogP) is 2.64. The number of amides is 1. The summed E-state index contributed by atoms with van der Waals surface area (Å²) in [6.45, 7) is 5.26. The molecule has 2 rings (SSSR count). The first kappa shape index (κ1) is 23.1. The molecule has 0 aromatic heterocycles. The van der Waals surface area contributed by atoms with Crippen LogP contribution in [0.15, 0.2) is 48.5 Å². The van der Waals surface area contributed by atoms with E-state index in [-0.39, 0.29) is 18.0 Å². The number of nitro benzene ring substituents is 1. The van der Waals surface area contributed by atoms with Crippen LogP contribution < -0.4 is 14.4 Å². The van der Waals surface area contributed by atoms with Crippen molar-refractivity contribution in [3.8, 4) is 5.75 Å². The molecule has 0 radical (unpaired) electrons. The summed E-state index contributed by atoms with van der Waals surface area (Å²) in [7, 11) is -3.88. The fourth-order valence-electron chi connectivity index (χ4n) is 2.89. The maximum Gasteiger partial charge on any atom is 0.271 e. The van der Waals surface area contributed by atoms with Crippen molar-refractivity contribution in [3.05, 3.63) is 64.2 Å². The summed E-state index contributed by atoms with van der Waals surface area (Å²) in [6.07, 6.45) is 0.945. The average Bonchev–Trinajstić information content (AvgIpc) is 2.66. The Balaban J connectivity index is 2.13. The van der Waals surface area contributed by atoms with E-state index in [1.54, 1.807) is 6.92 Å². The quantitative estimate of drug-likeness (QED) is 0.478. The lowest BCUT2D eigenvalue weighted by molar-refractivity contribution is -0.384. The van der Waals surface area contributed by atoms with Crippen molar-refractivity contribution in [1.29, 1.82) is 0 Å². The molecule has 9 nitrogen and oxygen atoms in total. The van der Waals surface area contributed by atoms with Gasteiger partial charge in [0.15, 0.2) is 0 Å². The molecular formula is C20H25N3O6S. The Morgan fingerprint density at radius 2 is 1.87 bits per heavy atom. The van der Waals surface area contributed by atoms with Crippen molar-refractivity contribution >= 4 is 27.3 Å². The van der Waals surface area contributed by atoms with Crippen molar-refractivity contribution in [2.24, 2.45) is 0 Å². The van der Waals surface area contributed by atoms with Crippen LogP contribution in [0.25, 0.3) is 0 Å². The highest BCUT2D eigenvalue weighted by Gasteiger charge is 2.30. The topological polar surface area (TPSA) is 119 Å². The summed E-state index contributed by atoms with van der Waals surface area (Å²) in [6, 6.07) is 11.1. The lowest BCUT2D eigenvalue weighted by atomic mass is 10.2. The number of anilines is 1. The number of sulfonamides is 1. The van der Waals surface area contributed by atoms with E-state index in [2.05, 4.69) is 5.32 Å². The van der Waals surface area contributed by atoms with Crippen LogP contribution in [-0.2, 0) is 14.8 Å². The third-order valence-corrected chi connectivity index (χ3v) is 5.60. The van der Waals surface area contributed by atoms with Gasteiger partial charge in [0.2, 0.25) is 15.9 Å². The minimum absolute atomic E-state index is 0.0400. The van der Waals surface area contributed by atoms with Crippen LogP contribution in [0.4, 0.5) is 11.4 Å². The van der Waals surface area contributed by atoms with Crippen LogP contribution in [0.3, 0.4) is 0 Å². The van der Waals surface area contributed by atoms with Crippen molar-refractivity contribution in [1.82, 2.24) is 5.32 Å². The Kier molecular flexibility index (Phi) is 7.38. The maximum absolute atomic E-state index is 12.7. The number of hydrogen-bond donors (Lipinski definition) is 1. The Hall–Kier alpha value is -3.14. The highest BCUT2D eigenvalue weighted by atomic mass is 32.2. The van der Waals surface area contributed by atoms with Crippen molar-refractivity contribution in [3.63, 3.8) is 0 Å². The highest BCUT2D eigenvalue weighted by Crippen LogP contribution is 2.25. The normalized spacial score (nSPS) is 13.2. The SMILES string of the molecule is Cc1ccccc1OC[C@@H](C)NC(=O)[C@H](C)N(c1cccc([N+](=O)[O-])c1)S(C)(=O)=O. The van der Waals surface area contributed by atoms with Gasteiger partial charge in [0, 0.05) is 12.1 Å². The van der Waals surface area contributed by atoms with E-state index in [1.807, 2.05) is 31.2 Å². The zero-order valence-corrected chi connectivity index (χ0v) is 18.0. The van der Waals surface area contributed by atoms with Crippen LogP contribution in [0.5, 0.6) is 5.75 Å². The molecule has 0 aliphatic heterocycles. The van der Waals surface area contributed by atoms with Crippen molar-refractivity contribution < 1.29 is 22.9 Å². The van der Waals surface area contributed by atoms with Gasteiger partial charge < -0.3 is 10.1 Å². The van der Waals surface area contributed by atoms with Gasteiger partial charge in [0.1, 0.15) is 18.4 Å². The zero-order valence-electron chi connectivity index (χ0n) is 17.2. The van der Waals surface area contributed by atoms with Gasteiger partial charge in [-0.2, -0.15) is 0 Å². The number of nitrogens with zero attached hydrogens (tertiary/aromatic N) is 2. The summed E-state index contributed by atoms with van der Waals surface area (Å²) in [5, 5.41) is 13.8. The molecule has 30 heavy (non-hydrogen) atoms. The number of nitro groups is 1. The fourth-order valence-corrected chi connectivity index (χ4v) is 4.06. The van der Waals surface area contributed by atoms with Crippen LogP contribution in [0, 0.1) is 17.0 Å². The summed E-state index contributed by atoms with van der Waals surface area (Å²) in [5.74, 6) is 0.147. The second-order valence-corrected chi connectivity index (χ2v) is 8.86. The van der Waals surface area contributed by atoms with Gasteiger partial charge in [-0.15, -0.1) is 0 Å². The second-order valence-electron chi connectivity index (χ2n) is 7.00. The molecule has 0 bridgehead atoms. The number of rotatable bonds is 9. The number of aryl methyl sites for hydroxylation is 1. The molecule has 1 amide bonds. The summed E-state index contributed by atoms with van der Waals surface area (Å²) in [4.78, 5) is 23.1. The monoisotopic (exact) mass is 435 g/mol. The molecule has 0 aliphatic carbocycles. The molecular weight excluding hydrogens is 410 g/mol. The number of carbonyl (C=O) groups is 1. The zero-order chi connectivity index (χ0) is 22.5. The van der Waals surface area contributed by atoms with E-state index >= 15 is 0 Å². The van der Waals surface area contributed by atoms with Gasteiger partial charge in [0.05, 0.1) is 22.9 Å². The van der Waals surface area contributed by atoms with Gasteiger partial charge in [-0.25, -0.2) is 8.42 Å². The van der Waals surface area contributed by atoms with E-state index in [4.69, 9.17) is 4.74 Å². The number of non-ortho nitro benzene ring substituents is 1. The molecule has 0 spiro atoms. The van der Waals surface area contributed by atoms with Crippen LogP contribution in [0.1, 0.15) is 19.4 Å². The summed E-state index contributed by atoms with van der Waals surface area (Å²) >= 11 is 0. The standard InChI is InChI=1S/C20H25N3O6S/c1-14-8-5-6-11-19(14)29-13-15(2)21-20(24)16(3)22(30(4,27)28)17-9-7-10-18(12-17)23(25)26/h5-12,15-16H,13H2,1-4H3,(H,21,24)/t15-,16+/m1/s1. The van der Waals surface area contributed by atoms with E-state index < -0.39 is 32.9 Å². The summed E-state index contributed by atoms with van der Waals surface area (Å²) < 4.78 is 31.3. The molecule has 0 heterocycles. The predicted molar refractivity (Wildman–Crippen MR) is 114 cm³/mol. The largest absolute Gasteiger partial charge is 0.491 e. The van der Waals surface area contributed by atoms with Gasteiger partial charge in [0.25, 0.3) is 5.69 Å². The Bertz CT molecular complexity index is 1020. The maximum atomic E-state index is 12.7. The van der Waals surface area contributed by atoms with E-state index in [0.29, 0.717) is 5.75 Å². The first-order chi connectivity index (χ1) is 14.0. The molecule has 0 aliphatic rings. The molecule has 0 saturated carbocycles. The molecule has 2 atom stereocenters. The number of para-hydroxylation sites is 1. The number of ether oxygens (including phenoxy) is 1. The molecule has 2 aromatic rings. The Labute approximate surface area is 175 Å². The first-order valence-electron chi connectivity index (χ1n) is 9.23. The van der Waals surface area contributed by atoms with Crippen LogP contribution in [-0.4, -0.2) is 44.2 Å². The van der Waals surface area contributed by atoms with Crippen molar-refractivity contribution in [2.45, 2.75) is 32.9 Å². The van der Waals surface area contributed by atoms with Gasteiger partial charge in [-0.1, -0.05) is 24.3 Å². The van der Waals surface area contributed by atoms with E-state index in [1.165, 1.54) is 25.1 Å². The molecule has 2 aromatic carbocycles. The molecule has 1 N–H and O–H groups in total. The Morgan fingerprint density at radius 1 is 1.20 bits per heavy atom. The number of nitrogens with one attached hydrogen (secondary N) is 1. The third kappa shape index (κ3) is 5.93. The molecule has 0 saturated heterocycles. The lowest BCUT2D eigenvalue weighted by Gasteiger charge is -2.29. The van der Waals surface area contributed by atoms with Crippen molar-refractivity contribution in [2.75, 3.05) is 17.2 Å². The van der Waals surface area contributed by atoms with Gasteiger partial charge >= 0.3 is 0 Å². The molecule has 162 valence electrons. The smallest absolute Gasteiger partial charge is 0.271 e. The van der Waals surface area contributed by atoms with Gasteiger partial charge in [-0.05, 0) is 38.5 Å². The fraction of sp³-hybridized carbons (Fsp3) is 0.350. The van der Waals surface area contributed by atoms with Crippen LogP contribution >= 0.6 is 0 Å². The number of carbonyl (C=O) groups excluding carboxylic acids is 1. The summed E-state index contributed by atoms with van der Waals surface area (Å²) in [5.41, 5.74) is 0.727. The molecule has 10 heteroatoms. The minimum atomic E-state index is -3.88. The molecule has 0 unspecified atom stereocenters. The third-order valence-electron chi connectivity index (χ3n) is 4.35. The first-order valence-corrected chi connectivity index (χ1v) is 11.1. The lowest BCUT2D eigenvalue weighted by Crippen LogP contribution is -2.50. The highest BCUT2D eigenvalue weighted by molar-refractivity contribution is 7.92. The molecule has 0 fully saturated rings. The second kappa shape index (κ2) is 9.57. The average molecular weight is 436 g/mol. The Morgan fingerprint density at radius 3 is 2.47 bits per heavy atom.